The van der Waals surface area contributed by atoms with Gasteiger partial charge >= 0.3 is 63.3 Å². The second kappa shape index (κ2) is 8.20. The fourth-order valence-corrected chi connectivity index (χ4v) is 0. The molecule has 2 N–H and O–H groups in total. The van der Waals surface area contributed by atoms with Gasteiger partial charge in [0.1, 0.15) is 0 Å². The van der Waals surface area contributed by atoms with Crippen molar-refractivity contribution in [3.63, 3.8) is 0 Å². The summed E-state index contributed by atoms with van der Waals surface area (Å²) in [4.78, 5) is 18.2. The van der Waals surface area contributed by atoms with Gasteiger partial charge in [0.25, 0.3) is 0 Å². The first-order chi connectivity index (χ1) is 2.64. The Bertz CT molecular complexity index is 80.0. The number of carboxylic acid groups (broad SMARTS) is 2. The molecule has 0 amide bonds. The van der Waals surface area contributed by atoms with Gasteiger partial charge in [-0.25, -0.2) is 9.59 Å². The van der Waals surface area contributed by atoms with E-state index >= 15 is 0 Å². The molecule has 0 atom stereocenters. The summed E-state index contributed by atoms with van der Waals surface area (Å²) in [6, 6.07) is 0. The monoisotopic (exact) mass is 232 g/mol. The third-order valence-corrected chi connectivity index (χ3v) is 0.183. The molecule has 0 aromatic rings. The number of aliphatic carboxylic acids is 2. The molecule has 0 aliphatic carbocycles. The van der Waals surface area contributed by atoms with Crippen LogP contribution in [0.15, 0.2) is 0 Å². The molecule has 0 aliphatic rings. The molecule has 6 heteroatoms. The van der Waals surface area contributed by atoms with E-state index in [1.807, 2.05) is 0 Å². The molecule has 0 rings (SSSR count). The van der Waals surface area contributed by atoms with E-state index in [0.717, 1.165) is 0 Å². The van der Waals surface area contributed by atoms with Crippen molar-refractivity contribution < 1.29 is 39.3 Å². The summed E-state index contributed by atoms with van der Waals surface area (Å²) in [7, 11) is 0. The normalized spacial score (nSPS) is 5.50. The Morgan fingerprint density at radius 2 is 1.12 bits per heavy atom. The number of hydrogen-bond acceptors (Lipinski definition) is 2. The van der Waals surface area contributed by atoms with E-state index in [1.165, 1.54) is 0 Å². The molecule has 8 heavy (non-hydrogen) atoms. The number of hydrogen-bond donors (Lipinski definition) is 2. The molecule has 0 aromatic carbocycles. The first-order valence-electron chi connectivity index (χ1n) is 1.11. The second-order valence-electron chi connectivity index (χ2n) is 0.610. The second-order valence-corrected chi connectivity index (χ2v) is 0.610. The molecule has 0 saturated carbocycles. The van der Waals surface area contributed by atoms with E-state index in [9.17, 15) is 0 Å². The zero-order chi connectivity index (χ0) is 5.15. The Labute approximate surface area is 101 Å². The summed E-state index contributed by atoms with van der Waals surface area (Å²) in [6.45, 7) is 0. The van der Waals surface area contributed by atoms with Crippen LogP contribution in [0.1, 0.15) is 0 Å². The van der Waals surface area contributed by atoms with E-state index in [-0.39, 0.29) is 70.9 Å². The van der Waals surface area contributed by atoms with Gasteiger partial charge < -0.3 is 10.2 Å². The molecular weight excluding hydrogens is 228 g/mol. The Kier molecular flexibility index (Phi) is 16.5. The number of carboxylic acids is 2. The van der Waals surface area contributed by atoms with Gasteiger partial charge in [-0.15, -0.1) is 0 Å². The average Bonchev–Trinajstić information content (AvgIpc) is 1.36. The third kappa shape index (κ3) is 10.2. The van der Waals surface area contributed by atoms with Crippen molar-refractivity contribution >= 4 is 63.3 Å². The van der Waals surface area contributed by atoms with Gasteiger partial charge in [0.15, 0.2) is 0 Å². The van der Waals surface area contributed by atoms with Gasteiger partial charge in [0.05, 0.1) is 0 Å². The topological polar surface area (TPSA) is 74.6 Å². The average molecular weight is 231 g/mol. The maximum Gasteiger partial charge on any atom is 0 e. The van der Waals surface area contributed by atoms with Crippen molar-refractivity contribution in [2.24, 2.45) is 0 Å². The smallest absolute Gasteiger partial charge is 0 e. The molecule has 0 aliphatic heterocycles. The summed E-state index contributed by atoms with van der Waals surface area (Å²) in [5, 5.41) is 14.8. The molecule has 0 saturated heterocycles. The van der Waals surface area contributed by atoms with Crippen molar-refractivity contribution in [3.05, 3.63) is 0 Å². The van der Waals surface area contributed by atoms with Crippen LogP contribution in [0, 0.1) is 0 Å². The molecule has 0 bridgehead atoms. The summed E-state index contributed by atoms with van der Waals surface area (Å²) in [5.41, 5.74) is 0. The molecule has 4 nitrogen and oxygen atoms in total. The molecule has 44 valence electrons. The van der Waals surface area contributed by atoms with Crippen LogP contribution in [-0.4, -0.2) is 73.5 Å². The van der Waals surface area contributed by atoms with Crippen LogP contribution in [0.4, 0.5) is 0 Å². The van der Waals surface area contributed by atoms with Crippen LogP contribution < -0.4 is 0 Å². The van der Waals surface area contributed by atoms with Gasteiger partial charge in [-0.05, 0) is 0 Å². The van der Waals surface area contributed by atoms with Gasteiger partial charge in [-0.3, -0.25) is 0 Å². The maximum absolute atomic E-state index is 9.10. The summed E-state index contributed by atoms with van der Waals surface area (Å²) in [6.07, 6.45) is 0. The van der Waals surface area contributed by atoms with Crippen LogP contribution in [0.25, 0.3) is 0 Å². The minimum absolute atomic E-state index is 0. The first-order valence-corrected chi connectivity index (χ1v) is 1.11. The quantitative estimate of drug-likeness (QED) is 0.393. The zero-order valence-corrected chi connectivity index (χ0v) is 4.80. The van der Waals surface area contributed by atoms with Crippen molar-refractivity contribution in [3.8, 4) is 0 Å². The van der Waals surface area contributed by atoms with Crippen LogP contribution in [-0.2, 0) is 29.1 Å². The van der Waals surface area contributed by atoms with Gasteiger partial charge in [-0.1, -0.05) is 0 Å². The van der Waals surface area contributed by atoms with Crippen molar-refractivity contribution in [1.29, 1.82) is 0 Å². The predicted molar refractivity (Wildman–Crippen MR) is 22.4 cm³/mol. The van der Waals surface area contributed by atoms with Crippen LogP contribution in [0.2, 0.25) is 0 Å². The summed E-state index contributed by atoms with van der Waals surface area (Å²) >= 11 is 0. The Morgan fingerprint density at radius 1 is 1.00 bits per heavy atom. The van der Waals surface area contributed by atoms with E-state index < -0.39 is 11.9 Å². The predicted octanol–water partition coefficient (Wildman–Crippen LogP) is -1.50. The Balaban J connectivity index is -0.000000125. The molecule has 0 radical (unpaired) electrons. The van der Waals surface area contributed by atoms with Crippen molar-refractivity contribution in [1.82, 2.24) is 0 Å². The van der Waals surface area contributed by atoms with Crippen LogP contribution in [0.3, 0.4) is 0 Å². The molecule has 0 aromatic heterocycles. The Morgan fingerprint density at radius 3 is 1.12 bits per heavy atom. The largest absolute Gasteiger partial charge is 0 e. The number of carbonyl (C=O) groups is 2. The van der Waals surface area contributed by atoms with Crippen molar-refractivity contribution in [2.45, 2.75) is 0 Å². The first kappa shape index (κ1) is 16.1. The summed E-state index contributed by atoms with van der Waals surface area (Å²) < 4.78 is 0. The van der Waals surface area contributed by atoms with Gasteiger partial charge in [0, 0.05) is 19.5 Å². The third-order valence-electron chi connectivity index (χ3n) is 0.183. The van der Waals surface area contributed by atoms with Gasteiger partial charge in [-0.2, -0.15) is 0 Å². The minimum Gasteiger partial charge on any atom is 0 e. The number of rotatable bonds is 0. The summed E-state index contributed by atoms with van der Waals surface area (Å²) in [5.74, 6) is -3.65. The zero-order valence-electron chi connectivity index (χ0n) is 3.06. The molecule has 0 heterocycles. The molecule has 0 spiro atoms. The minimum atomic E-state index is -1.82. The van der Waals surface area contributed by atoms with E-state index in [4.69, 9.17) is 19.8 Å². The molecule has 0 fully saturated rings. The fourth-order valence-electron chi connectivity index (χ4n) is 0. The Hall–Kier alpha value is 1.20. The van der Waals surface area contributed by atoms with E-state index in [0.29, 0.717) is 0 Å². The van der Waals surface area contributed by atoms with Crippen LogP contribution in [0.5, 0.6) is 0 Å². The van der Waals surface area contributed by atoms with Crippen LogP contribution >= 0.6 is 0 Å². The fraction of sp³-hybridized carbons (Fsp3) is 0. The SMILES string of the molecule is O=C(O)C(=O)O.[KH].[Ru]. The molecule has 0 unspecified atom stereocenters. The van der Waals surface area contributed by atoms with Crippen molar-refractivity contribution in [2.75, 3.05) is 0 Å². The maximum atomic E-state index is 9.10. The van der Waals surface area contributed by atoms with E-state index in [1.54, 1.807) is 0 Å². The van der Waals surface area contributed by atoms with E-state index in [2.05, 4.69) is 0 Å². The van der Waals surface area contributed by atoms with Gasteiger partial charge in [0.2, 0.25) is 0 Å². The standard InChI is InChI=1S/C2H2O4.K.Ru.H/c3-1(4)2(5)6;;;/h(H,3,4)(H,5,6);;;. The molecular formula is C2H3KO4Ru.